The lowest BCUT2D eigenvalue weighted by Crippen LogP contribution is -2.22. The molecule has 0 radical (unpaired) electrons. The normalized spacial score (nSPS) is 12.1. The Morgan fingerprint density at radius 2 is 2.00 bits per heavy atom. The molecular weight excluding hydrogens is 216 g/mol. The molecule has 0 saturated heterocycles. The predicted octanol–water partition coefficient (Wildman–Crippen LogP) is 2.67. The molecule has 0 spiro atoms. The summed E-state index contributed by atoms with van der Waals surface area (Å²) in [6.45, 7) is 2.31. The van der Waals surface area contributed by atoms with Crippen molar-refractivity contribution in [3.05, 3.63) is 35.9 Å². The molecule has 3 nitrogen and oxygen atoms in total. The van der Waals surface area contributed by atoms with Gasteiger partial charge in [0.1, 0.15) is 6.61 Å². The fourth-order valence-electron chi connectivity index (χ4n) is 1.53. The number of carbonyl (C=O) groups excluding carboxylic acids is 1. The quantitative estimate of drug-likeness (QED) is 0.585. The van der Waals surface area contributed by atoms with Gasteiger partial charge in [0.25, 0.3) is 0 Å². The minimum atomic E-state index is -0.981. The zero-order valence-corrected chi connectivity index (χ0v) is 10.3. The van der Waals surface area contributed by atoms with Crippen molar-refractivity contribution in [2.24, 2.45) is 0 Å². The highest BCUT2D eigenvalue weighted by molar-refractivity contribution is 5.74. The number of esters is 1. The Morgan fingerprint density at radius 3 is 2.65 bits per heavy atom. The molecule has 17 heavy (non-hydrogen) atoms. The fraction of sp³-hybridized carbons (Fsp3) is 0.500. The van der Waals surface area contributed by atoms with Crippen LogP contribution in [0.15, 0.2) is 30.3 Å². The van der Waals surface area contributed by atoms with Crippen LogP contribution in [-0.2, 0) is 16.1 Å². The SMILES string of the molecule is CCCCC[C@H](O)C(=O)OCc1ccccc1. The van der Waals surface area contributed by atoms with Gasteiger partial charge in [-0.2, -0.15) is 0 Å². The second-order valence-corrected chi connectivity index (χ2v) is 4.10. The summed E-state index contributed by atoms with van der Waals surface area (Å²) >= 11 is 0. The largest absolute Gasteiger partial charge is 0.459 e. The zero-order valence-electron chi connectivity index (χ0n) is 10.3. The van der Waals surface area contributed by atoms with Crippen LogP contribution in [0.2, 0.25) is 0 Å². The molecule has 1 atom stereocenters. The van der Waals surface area contributed by atoms with E-state index >= 15 is 0 Å². The minimum absolute atomic E-state index is 0.227. The van der Waals surface area contributed by atoms with E-state index < -0.39 is 12.1 Å². The standard InChI is InChI=1S/C14H20O3/c1-2-3-5-10-13(15)14(16)17-11-12-8-6-4-7-9-12/h4,6-9,13,15H,2-3,5,10-11H2,1H3/t13-/m0/s1. The molecule has 1 aromatic rings. The van der Waals surface area contributed by atoms with Crippen LogP contribution in [0.5, 0.6) is 0 Å². The fourth-order valence-corrected chi connectivity index (χ4v) is 1.53. The third-order valence-corrected chi connectivity index (χ3v) is 2.58. The summed E-state index contributed by atoms with van der Waals surface area (Å²) in [4.78, 5) is 11.4. The van der Waals surface area contributed by atoms with Gasteiger partial charge in [0, 0.05) is 0 Å². The van der Waals surface area contributed by atoms with Crippen molar-refractivity contribution in [2.45, 2.75) is 45.3 Å². The first-order chi connectivity index (χ1) is 8.24. The zero-order chi connectivity index (χ0) is 12.5. The average Bonchev–Trinajstić information content (AvgIpc) is 2.37. The van der Waals surface area contributed by atoms with Gasteiger partial charge < -0.3 is 9.84 Å². The summed E-state index contributed by atoms with van der Waals surface area (Å²) in [6, 6.07) is 9.46. The number of rotatable bonds is 7. The summed E-state index contributed by atoms with van der Waals surface area (Å²) in [5.74, 6) is -0.523. The van der Waals surface area contributed by atoms with E-state index in [2.05, 4.69) is 6.92 Å². The average molecular weight is 236 g/mol. The van der Waals surface area contributed by atoms with Crippen LogP contribution < -0.4 is 0 Å². The second kappa shape index (κ2) is 7.85. The number of unbranched alkanes of at least 4 members (excludes halogenated alkanes) is 2. The predicted molar refractivity (Wildman–Crippen MR) is 66.4 cm³/mol. The molecule has 0 aromatic heterocycles. The number of hydrogen-bond acceptors (Lipinski definition) is 3. The third-order valence-electron chi connectivity index (χ3n) is 2.58. The van der Waals surface area contributed by atoms with E-state index in [9.17, 15) is 9.90 Å². The first-order valence-corrected chi connectivity index (χ1v) is 6.12. The molecule has 0 bridgehead atoms. The number of ether oxygens (including phenoxy) is 1. The van der Waals surface area contributed by atoms with E-state index in [1.165, 1.54) is 0 Å². The van der Waals surface area contributed by atoms with Crippen LogP contribution in [0.3, 0.4) is 0 Å². The van der Waals surface area contributed by atoms with Gasteiger partial charge >= 0.3 is 5.97 Å². The molecule has 0 aliphatic heterocycles. The van der Waals surface area contributed by atoms with Gasteiger partial charge in [0.2, 0.25) is 0 Å². The number of aliphatic hydroxyl groups excluding tert-OH is 1. The van der Waals surface area contributed by atoms with Crippen molar-refractivity contribution in [2.75, 3.05) is 0 Å². The Bertz CT molecular complexity index is 321. The first-order valence-electron chi connectivity index (χ1n) is 6.12. The lowest BCUT2D eigenvalue weighted by atomic mass is 10.1. The smallest absolute Gasteiger partial charge is 0.335 e. The van der Waals surface area contributed by atoms with E-state index in [4.69, 9.17) is 4.74 Å². The summed E-state index contributed by atoms with van der Waals surface area (Å²) < 4.78 is 5.03. The van der Waals surface area contributed by atoms with Crippen LogP contribution in [0.1, 0.15) is 38.2 Å². The molecule has 0 unspecified atom stereocenters. The van der Waals surface area contributed by atoms with Gasteiger partial charge in [-0.25, -0.2) is 4.79 Å². The molecule has 0 aliphatic rings. The van der Waals surface area contributed by atoms with E-state index in [-0.39, 0.29) is 6.61 Å². The van der Waals surface area contributed by atoms with Gasteiger partial charge in [-0.3, -0.25) is 0 Å². The molecule has 0 aliphatic carbocycles. The van der Waals surface area contributed by atoms with Crippen molar-refractivity contribution in [3.8, 4) is 0 Å². The highest BCUT2D eigenvalue weighted by Gasteiger charge is 2.15. The Balaban J connectivity index is 2.24. The number of carbonyl (C=O) groups is 1. The number of benzene rings is 1. The maximum Gasteiger partial charge on any atom is 0.335 e. The number of hydrogen-bond donors (Lipinski definition) is 1. The molecule has 1 aromatic carbocycles. The summed E-state index contributed by atoms with van der Waals surface area (Å²) in [6.07, 6.45) is 2.47. The molecule has 0 fully saturated rings. The Labute approximate surface area is 102 Å². The second-order valence-electron chi connectivity index (χ2n) is 4.10. The molecule has 0 saturated carbocycles. The van der Waals surface area contributed by atoms with Crippen molar-refractivity contribution >= 4 is 5.97 Å². The van der Waals surface area contributed by atoms with Crippen LogP contribution in [0.4, 0.5) is 0 Å². The van der Waals surface area contributed by atoms with Crippen LogP contribution in [0, 0.1) is 0 Å². The summed E-state index contributed by atoms with van der Waals surface area (Å²) in [5, 5.41) is 9.55. The molecule has 1 N–H and O–H groups in total. The Hall–Kier alpha value is -1.35. The molecule has 0 amide bonds. The Kier molecular flexibility index (Phi) is 6.33. The highest BCUT2D eigenvalue weighted by atomic mass is 16.5. The van der Waals surface area contributed by atoms with E-state index in [0.717, 1.165) is 24.8 Å². The summed E-state index contributed by atoms with van der Waals surface area (Å²) in [7, 11) is 0. The van der Waals surface area contributed by atoms with Gasteiger partial charge in [-0.1, -0.05) is 56.5 Å². The van der Waals surface area contributed by atoms with Gasteiger partial charge in [0.15, 0.2) is 6.10 Å². The molecule has 3 heteroatoms. The van der Waals surface area contributed by atoms with Crippen LogP contribution in [-0.4, -0.2) is 17.2 Å². The molecule has 1 rings (SSSR count). The number of aliphatic hydroxyl groups is 1. The third kappa shape index (κ3) is 5.50. The maximum atomic E-state index is 11.4. The maximum absolute atomic E-state index is 11.4. The lowest BCUT2D eigenvalue weighted by molar-refractivity contribution is -0.155. The lowest BCUT2D eigenvalue weighted by Gasteiger charge is -2.10. The first kappa shape index (κ1) is 13.7. The van der Waals surface area contributed by atoms with Gasteiger partial charge in [-0.05, 0) is 12.0 Å². The molecular formula is C14H20O3. The Morgan fingerprint density at radius 1 is 1.29 bits per heavy atom. The van der Waals surface area contributed by atoms with Crippen molar-refractivity contribution in [1.29, 1.82) is 0 Å². The van der Waals surface area contributed by atoms with E-state index in [1.54, 1.807) is 0 Å². The molecule has 94 valence electrons. The van der Waals surface area contributed by atoms with Gasteiger partial charge in [-0.15, -0.1) is 0 Å². The van der Waals surface area contributed by atoms with Crippen molar-refractivity contribution in [1.82, 2.24) is 0 Å². The van der Waals surface area contributed by atoms with Crippen LogP contribution in [0.25, 0.3) is 0 Å². The topological polar surface area (TPSA) is 46.5 Å². The van der Waals surface area contributed by atoms with Crippen molar-refractivity contribution in [3.63, 3.8) is 0 Å². The molecule has 0 heterocycles. The minimum Gasteiger partial charge on any atom is -0.459 e. The van der Waals surface area contributed by atoms with Gasteiger partial charge in [0.05, 0.1) is 0 Å². The van der Waals surface area contributed by atoms with E-state index in [1.807, 2.05) is 30.3 Å². The van der Waals surface area contributed by atoms with Crippen molar-refractivity contribution < 1.29 is 14.6 Å². The summed E-state index contributed by atoms with van der Waals surface area (Å²) in [5.41, 5.74) is 0.932. The van der Waals surface area contributed by atoms with Crippen LogP contribution >= 0.6 is 0 Å². The monoisotopic (exact) mass is 236 g/mol. The highest BCUT2D eigenvalue weighted by Crippen LogP contribution is 2.07. The van der Waals surface area contributed by atoms with E-state index in [0.29, 0.717) is 6.42 Å².